The highest BCUT2D eigenvalue weighted by molar-refractivity contribution is 9.10. The van der Waals surface area contributed by atoms with Crippen molar-refractivity contribution >= 4 is 39.3 Å². The molecule has 3 aromatic rings. The molecule has 0 saturated carbocycles. The third-order valence-electron chi connectivity index (χ3n) is 3.77. The van der Waals surface area contributed by atoms with Gasteiger partial charge in [0.1, 0.15) is 11.1 Å². The van der Waals surface area contributed by atoms with Crippen LogP contribution in [0.3, 0.4) is 0 Å². The first kappa shape index (κ1) is 19.2. The van der Waals surface area contributed by atoms with Crippen LogP contribution in [0.15, 0.2) is 76.2 Å². The van der Waals surface area contributed by atoms with Crippen LogP contribution in [-0.4, -0.2) is 16.6 Å². The van der Waals surface area contributed by atoms with Crippen molar-refractivity contribution in [2.75, 3.05) is 11.1 Å². The van der Waals surface area contributed by atoms with Gasteiger partial charge in [0.05, 0.1) is 16.9 Å². The van der Waals surface area contributed by atoms with Crippen LogP contribution in [0.2, 0.25) is 0 Å². The summed E-state index contributed by atoms with van der Waals surface area (Å²) in [5.74, 6) is 0.461. The summed E-state index contributed by atoms with van der Waals surface area (Å²) in [5.41, 5.74) is 3.07. The van der Waals surface area contributed by atoms with Crippen LogP contribution < -0.4 is 5.32 Å². The summed E-state index contributed by atoms with van der Waals surface area (Å²) in [7, 11) is 0. The molecule has 1 aromatic heterocycles. The SMILES string of the molecule is N#Cc1ccc(-c2ccccc2)nc1SCCC(=O)Nc1ccccc1Br. The normalized spacial score (nSPS) is 10.2. The standard InChI is InChI=1S/C21H16BrN3OS/c22-17-8-4-5-9-19(17)24-20(26)12-13-27-21-16(14-23)10-11-18(25-21)15-6-2-1-3-7-15/h1-11H,12-13H2,(H,24,26). The third kappa shape index (κ3) is 5.19. The van der Waals surface area contributed by atoms with E-state index in [4.69, 9.17) is 0 Å². The number of amides is 1. The first-order valence-corrected chi connectivity index (χ1v) is 10.1. The van der Waals surface area contributed by atoms with Gasteiger partial charge in [0, 0.05) is 22.2 Å². The average Bonchev–Trinajstić information content (AvgIpc) is 2.70. The van der Waals surface area contributed by atoms with Gasteiger partial charge in [-0.05, 0) is 40.2 Å². The van der Waals surface area contributed by atoms with Crippen molar-refractivity contribution in [3.63, 3.8) is 0 Å². The molecular weight excluding hydrogens is 422 g/mol. The van der Waals surface area contributed by atoms with E-state index in [9.17, 15) is 10.1 Å². The zero-order valence-electron chi connectivity index (χ0n) is 14.4. The summed E-state index contributed by atoms with van der Waals surface area (Å²) >= 11 is 4.83. The second kappa shape index (κ2) is 9.36. The van der Waals surface area contributed by atoms with Crippen LogP contribution in [0.25, 0.3) is 11.3 Å². The van der Waals surface area contributed by atoms with E-state index in [0.29, 0.717) is 22.8 Å². The van der Waals surface area contributed by atoms with Crippen LogP contribution in [0, 0.1) is 11.3 Å². The van der Waals surface area contributed by atoms with Gasteiger partial charge in [-0.3, -0.25) is 4.79 Å². The van der Waals surface area contributed by atoms with E-state index in [0.717, 1.165) is 21.4 Å². The van der Waals surface area contributed by atoms with Crippen molar-refractivity contribution in [2.45, 2.75) is 11.4 Å². The number of nitrogens with one attached hydrogen (secondary N) is 1. The maximum absolute atomic E-state index is 12.2. The molecule has 1 N–H and O–H groups in total. The second-order valence-electron chi connectivity index (χ2n) is 5.65. The molecule has 0 saturated heterocycles. The number of hydrogen-bond donors (Lipinski definition) is 1. The Bertz CT molecular complexity index is 986. The summed E-state index contributed by atoms with van der Waals surface area (Å²) in [6.45, 7) is 0. The maximum atomic E-state index is 12.2. The van der Waals surface area contributed by atoms with Gasteiger partial charge in [0.2, 0.25) is 5.91 Å². The van der Waals surface area contributed by atoms with Gasteiger partial charge in [0.15, 0.2) is 0 Å². The van der Waals surface area contributed by atoms with Crippen LogP contribution in [0.1, 0.15) is 12.0 Å². The zero-order valence-corrected chi connectivity index (χ0v) is 16.8. The van der Waals surface area contributed by atoms with Crippen molar-refractivity contribution < 1.29 is 4.79 Å². The van der Waals surface area contributed by atoms with E-state index in [2.05, 4.69) is 32.3 Å². The van der Waals surface area contributed by atoms with Crippen molar-refractivity contribution in [1.82, 2.24) is 4.98 Å². The number of pyridine rings is 1. The summed E-state index contributed by atoms with van der Waals surface area (Å²) < 4.78 is 0.843. The molecule has 6 heteroatoms. The summed E-state index contributed by atoms with van der Waals surface area (Å²) in [6.07, 6.45) is 0.327. The van der Waals surface area contributed by atoms with Crippen molar-refractivity contribution in [3.05, 3.63) is 76.8 Å². The Morgan fingerprint density at radius 1 is 1.07 bits per heavy atom. The Morgan fingerprint density at radius 2 is 1.81 bits per heavy atom. The van der Waals surface area contributed by atoms with E-state index in [1.165, 1.54) is 11.8 Å². The lowest BCUT2D eigenvalue weighted by atomic mass is 10.1. The number of thioether (sulfide) groups is 1. The molecule has 0 atom stereocenters. The summed E-state index contributed by atoms with van der Waals surface area (Å²) in [4.78, 5) is 16.8. The van der Waals surface area contributed by atoms with Gasteiger partial charge < -0.3 is 5.32 Å². The highest BCUT2D eigenvalue weighted by atomic mass is 79.9. The third-order valence-corrected chi connectivity index (χ3v) is 5.45. The Kier molecular flexibility index (Phi) is 6.64. The molecule has 0 spiro atoms. The minimum absolute atomic E-state index is 0.0767. The van der Waals surface area contributed by atoms with E-state index in [1.807, 2.05) is 60.7 Å². The van der Waals surface area contributed by atoms with E-state index in [1.54, 1.807) is 6.07 Å². The number of halogens is 1. The molecule has 27 heavy (non-hydrogen) atoms. The number of benzene rings is 2. The molecule has 2 aromatic carbocycles. The fourth-order valence-corrected chi connectivity index (χ4v) is 3.72. The smallest absolute Gasteiger partial charge is 0.225 e. The first-order chi connectivity index (χ1) is 13.2. The monoisotopic (exact) mass is 437 g/mol. The van der Waals surface area contributed by atoms with E-state index in [-0.39, 0.29) is 5.91 Å². The molecule has 134 valence electrons. The van der Waals surface area contributed by atoms with Gasteiger partial charge in [-0.15, -0.1) is 11.8 Å². The van der Waals surface area contributed by atoms with Crippen molar-refractivity contribution in [2.24, 2.45) is 0 Å². The predicted molar refractivity (Wildman–Crippen MR) is 113 cm³/mol. The predicted octanol–water partition coefficient (Wildman–Crippen LogP) is 5.50. The number of hydrogen-bond acceptors (Lipinski definition) is 4. The molecule has 0 radical (unpaired) electrons. The highest BCUT2D eigenvalue weighted by Gasteiger charge is 2.10. The second-order valence-corrected chi connectivity index (χ2v) is 7.59. The van der Waals surface area contributed by atoms with Crippen LogP contribution >= 0.6 is 27.7 Å². The number of rotatable bonds is 6. The van der Waals surface area contributed by atoms with Gasteiger partial charge in [-0.1, -0.05) is 42.5 Å². The summed E-state index contributed by atoms with van der Waals surface area (Å²) in [5, 5.41) is 12.8. The number of nitrogens with zero attached hydrogens (tertiary/aromatic N) is 2. The quantitative estimate of drug-likeness (QED) is 0.516. The molecule has 1 amide bonds. The topological polar surface area (TPSA) is 65.8 Å². The zero-order chi connectivity index (χ0) is 19.1. The lowest BCUT2D eigenvalue weighted by Crippen LogP contribution is -2.12. The van der Waals surface area contributed by atoms with Crippen LogP contribution in [0.4, 0.5) is 5.69 Å². The molecule has 0 unspecified atom stereocenters. The molecule has 0 aliphatic rings. The average molecular weight is 438 g/mol. The Hall–Kier alpha value is -2.62. The number of nitriles is 1. The molecule has 0 fully saturated rings. The Labute approximate surface area is 170 Å². The lowest BCUT2D eigenvalue weighted by molar-refractivity contribution is -0.115. The number of para-hydroxylation sites is 1. The maximum Gasteiger partial charge on any atom is 0.225 e. The van der Waals surface area contributed by atoms with E-state index >= 15 is 0 Å². The minimum atomic E-state index is -0.0767. The number of carbonyl (C=O) groups excluding carboxylic acids is 1. The molecule has 1 heterocycles. The highest BCUT2D eigenvalue weighted by Crippen LogP contribution is 2.26. The van der Waals surface area contributed by atoms with Crippen LogP contribution in [-0.2, 0) is 4.79 Å². The first-order valence-electron chi connectivity index (χ1n) is 8.31. The fraction of sp³-hybridized carbons (Fsp3) is 0.0952. The molecule has 3 rings (SSSR count). The molecule has 0 aliphatic heterocycles. The van der Waals surface area contributed by atoms with Gasteiger partial charge >= 0.3 is 0 Å². The van der Waals surface area contributed by atoms with Gasteiger partial charge in [0.25, 0.3) is 0 Å². The number of anilines is 1. The minimum Gasteiger partial charge on any atom is -0.325 e. The lowest BCUT2D eigenvalue weighted by Gasteiger charge is -2.08. The van der Waals surface area contributed by atoms with E-state index < -0.39 is 0 Å². The fourth-order valence-electron chi connectivity index (χ4n) is 2.42. The van der Waals surface area contributed by atoms with Crippen molar-refractivity contribution in [3.8, 4) is 17.3 Å². The Balaban J connectivity index is 1.64. The molecule has 0 bridgehead atoms. The van der Waals surface area contributed by atoms with Crippen molar-refractivity contribution in [1.29, 1.82) is 5.26 Å². The van der Waals surface area contributed by atoms with Gasteiger partial charge in [-0.25, -0.2) is 4.98 Å². The van der Waals surface area contributed by atoms with Crippen LogP contribution in [0.5, 0.6) is 0 Å². The molecular formula is C21H16BrN3OS. The Morgan fingerprint density at radius 3 is 2.56 bits per heavy atom. The molecule has 4 nitrogen and oxygen atoms in total. The van der Waals surface area contributed by atoms with Gasteiger partial charge in [-0.2, -0.15) is 5.26 Å². The number of carbonyl (C=O) groups is 1. The summed E-state index contributed by atoms with van der Waals surface area (Å²) in [6, 6.07) is 23.1. The number of aromatic nitrogens is 1. The molecule has 0 aliphatic carbocycles. The largest absolute Gasteiger partial charge is 0.325 e.